The third-order valence-corrected chi connectivity index (χ3v) is 7.45. The van der Waals surface area contributed by atoms with Crippen LogP contribution in [-0.4, -0.2) is 34.5 Å². The van der Waals surface area contributed by atoms with Gasteiger partial charge in [-0.2, -0.15) is 0 Å². The summed E-state index contributed by atoms with van der Waals surface area (Å²) >= 11 is 0. The fourth-order valence-electron chi connectivity index (χ4n) is 3.90. The molecule has 0 aliphatic carbocycles. The minimum atomic E-state index is -3.96. The van der Waals surface area contributed by atoms with Gasteiger partial charge in [0.25, 0.3) is 10.0 Å². The maximum Gasteiger partial charge on any atom is 0.264 e. The van der Waals surface area contributed by atoms with Crippen LogP contribution in [0.4, 0.5) is 11.4 Å². The zero-order chi connectivity index (χ0) is 22.7. The van der Waals surface area contributed by atoms with Gasteiger partial charge in [-0.3, -0.25) is 9.10 Å². The molecule has 1 aliphatic heterocycles. The number of para-hydroxylation sites is 1. The third-order valence-electron chi connectivity index (χ3n) is 5.66. The van der Waals surface area contributed by atoms with Crippen LogP contribution in [0.2, 0.25) is 0 Å². The molecule has 0 aromatic heterocycles. The smallest absolute Gasteiger partial charge is 0.264 e. The number of benzene rings is 3. The summed E-state index contributed by atoms with van der Waals surface area (Å²) in [6, 6.07) is 21.1. The van der Waals surface area contributed by atoms with E-state index in [0.717, 1.165) is 29.7 Å². The lowest BCUT2D eigenvalue weighted by molar-refractivity contribution is -0.117. The first-order valence-corrected chi connectivity index (χ1v) is 12.0. The van der Waals surface area contributed by atoms with Crippen LogP contribution in [0.5, 0.6) is 5.75 Å². The Hall–Kier alpha value is -3.32. The Labute approximate surface area is 189 Å². The van der Waals surface area contributed by atoms with Gasteiger partial charge in [-0.1, -0.05) is 35.9 Å². The Morgan fingerprint density at radius 3 is 2.38 bits per heavy atom. The van der Waals surface area contributed by atoms with Gasteiger partial charge < -0.3 is 9.64 Å². The molecule has 0 N–H and O–H groups in total. The van der Waals surface area contributed by atoms with Crippen LogP contribution in [0.25, 0.3) is 0 Å². The molecule has 7 heteroatoms. The summed E-state index contributed by atoms with van der Waals surface area (Å²) in [5.41, 5.74) is 3.32. The number of carbonyl (C=O) groups excluding carboxylic acids is 1. The van der Waals surface area contributed by atoms with Gasteiger partial charge in [0, 0.05) is 12.2 Å². The Morgan fingerprint density at radius 2 is 1.69 bits per heavy atom. The van der Waals surface area contributed by atoms with Crippen molar-refractivity contribution in [3.8, 4) is 5.75 Å². The highest BCUT2D eigenvalue weighted by Gasteiger charge is 2.30. The summed E-state index contributed by atoms with van der Waals surface area (Å²) in [6.07, 6.45) is 1.75. The molecule has 32 heavy (non-hydrogen) atoms. The molecule has 0 radical (unpaired) electrons. The van der Waals surface area contributed by atoms with E-state index in [4.69, 9.17) is 4.74 Å². The summed E-state index contributed by atoms with van der Waals surface area (Å²) in [6.45, 7) is 2.17. The molecule has 0 saturated carbocycles. The molecule has 0 saturated heterocycles. The van der Waals surface area contributed by atoms with Crippen LogP contribution in [0.15, 0.2) is 77.7 Å². The summed E-state index contributed by atoms with van der Waals surface area (Å²) in [7, 11) is -2.41. The standard InChI is InChI=1S/C25H26N2O4S/c1-19-9-15-23(16-10-19)32(29,30)27(21-11-13-22(31-2)14-12-21)18-25(28)26-17-5-7-20-6-3-4-8-24(20)26/h3-4,6,8-16H,5,7,17-18H2,1-2H3. The number of amides is 1. The zero-order valence-electron chi connectivity index (χ0n) is 18.2. The van der Waals surface area contributed by atoms with Crippen LogP contribution in [0.1, 0.15) is 17.5 Å². The molecule has 0 spiro atoms. The predicted octanol–water partition coefficient (Wildman–Crippen LogP) is 4.18. The topological polar surface area (TPSA) is 66.9 Å². The fraction of sp³-hybridized carbons (Fsp3) is 0.240. The van der Waals surface area contributed by atoms with Crippen molar-refractivity contribution in [2.75, 3.05) is 29.4 Å². The molecule has 6 nitrogen and oxygen atoms in total. The molecule has 3 aromatic rings. The van der Waals surface area contributed by atoms with Crippen molar-refractivity contribution in [1.82, 2.24) is 0 Å². The number of anilines is 2. The number of fused-ring (bicyclic) bond motifs is 1. The molecule has 0 bridgehead atoms. The molecule has 166 valence electrons. The minimum absolute atomic E-state index is 0.144. The van der Waals surface area contributed by atoms with Gasteiger partial charge >= 0.3 is 0 Å². The van der Waals surface area contributed by atoms with Crippen molar-refractivity contribution in [2.24, 2.45) is 0 Å². The SMILES string of the molecule is COc1ccc(N(CC(=O)N2CCCc3ccccc32)S(=O)(=O)c2ccc(C)cc2)cc1. The van der Waals surface area contributed by atoms with Crippen molar-refractivity contribution in [2.45, 2.75) is 24.7 Å². The number of carbonyl (C=O) groups is 1. The summed E-state index contributed by atoms with van der Waals surface area (Å²) < 4.78 is 33.6. The van der Waals surface area contributed by atoms with Gasteiger partial charge in [-0.25, -0.2) is 8.42 Å². The first-order valence-electron chi connectivity index (χ1n) is 10.5. The molecule has 1 aliphatic rings. The van der Waals surface area contributed by atoms with E-state index in [9.17, 15) is 13.2 Å². The maximum absolute atomic E-state index is 13.6. The van der Waals surface area contributed by atoms with E-state index < -0.39 is 10.0 Å². The fourth-order valence-corrected chi connectivity index (χ4v) is 5.32. The molecular formula is C25H26N2O4S. The second-order valence-electron chi connectivity index (χ2n) is 7.80. The highest BCUT2D eigenvalue weighted by atomic mass is 32.2. The predicted molar refractivity (Wildman–Crippen MR) is 126 cm³/mol. The first-order chi connectivity index (χ1) is 15.4. The van der Waals surface area contributed by atoms with E-state index >= 15 is 0 Å². The third kappa shape index (κ3) is 4.34. The highest BCUT2D eigenvalue weighted by molar-refractivity contribution is 7.92. The average molecular weight is 451 g/mol. The molecule has 0 fully saturated rings. The number of ether oxygens (including phenoxy) is 1. The normalized spacial score (nSPS) is 13.4. The Morgan fingerprint density at radius 1 is 1.00 bits per heavy atom. The van der Waals surface area contributed by atoms with Gasteiger partial charge in [-0.05, 0) is 67.8 Å². The molecule has 0 atom stereocenters. The van der Waals surface area contributed by atoms with E-state index in [1.165, 1.54) is 4.31 Å². The lowest BCUT2D eigenvalue weighted by atomic mass is 10.0. The van der Waals surface area contributed by atoms with Crippen molar-refractivity contribution in [3.63, 3.8) is 0 Å². The number of nitrogens with zero attached hydrogens (tertiary/aromatic N) is 2. The Balaban J connectivity index is 1.71. The van der Waals surface area contributed by atoms with Crippen LogP contribution >= 0.6 is 0 Å². The first kappa shape index (κ1) is 21.9. The van der Waals surface area contributed by atoms with E-state index in [1.54, 1.807) is 60.5 Å². The second-order valence-corrected chi connectivity index (χ2v) is 9.66. The quantitative estimate of drug-likeness (QED) is 0.565. The molecule has 1 heterocycles. The van der Waals surface area contributed by atoms with Crippen LogP contribution in [0.3, 0.4) is 0 Å². The maximum atomic E-state index is 13.6. The number of hydrogen-bond donors (Lipinski definition) is 0. The number of aryl methyl sites for hydroxylation is 2. The molecule has 3 aromatic carbocycles. The molecule has 1 amide bonds. The molecular weight excluding hydrogens is 424 g/mol. The molecule has 4 rings (SSSR count). The lowest BCUT2D eigenvalue weighted by Gasteiger charge is -2.32. The Kier molecular flexibility index (Phi) is 6.19. The van der Waals surface area contributed by atoms with Gasteiger partial charge in [0.05, 0.1) is 17.7 Å². The van der Waals surface area contributed by atoms with Crippen LogP contribution in [0, 0.1) is 6.92 Å². The number of sulfonamides is 1. The summed E-state index contributed by atoms with van der Waals surface area (Å²) in [5, 5.41) is 0. The zero-order valence-corrected chi connectivity index (χ0v) is 19.0. The summed E-state index contributed by atoms with van der Waals surface area (Å²) in [5.74, 6) is 0.348. The largest absolute Gasteiger partial charge is 0.497 e. The van der Waals surface area contributed by atoms with Crippen molar-refractivity contribution < 1.29 is 17.9 Å². The van der Waals surface area contributed by atoms with Gasteiger partial charge in [-0.15, -0.1) is 0 Å². The van der Waals surface area contributed by atoms with E-state index in [1.807, 2.05) is 31.2 Å². The van der Waals surface area contributed by atoms with E-state index in [-0.39, 0.29) is 17.3 Å². The minimum Gasteiger partial charge on any atom is -0.497 e. The monoisotopic (exact) mass is 450 g/mol. The lowest BCUT2D eigenvalue weighted by Crippen LogP contribution is -2.45. The average Bonchev–Trinajstić information content (AvgIpc) is 2.82. The number of rotatable bonds is 6. The van der Waals surface area contributed by atoms with E-state index in [0.29, 0.717) is 18.0 Å². The van der Waals surface area contributed by atoms with Gasteiger partial charge in [0.15, 0.2) is 0 Å². The van der Waals surface area contributed by atoms with Crippen LogP contribution < -0.4 is 13.9 Å². The number of hydrogen-bond acceptors (Lipinski definition) is 4. The van der Waals surface area contributed by atoms with Gasteiger partial charge in [0.1, 0.15) is 12.3 Å². The molecule has 0 unspecified atom stereocenters. The van der Waals surface area contributed by atoms with Crippen LogP contribution in [-0.2, 0) is 21.2 Å². The van der Waals surface area contributed by atoms with Gasteiger partial charge in [0.2, 0.25) is 5.91 Å². The van der Waals surface area contributed by atoms with Crippen molar-refractivity contribution in [1.29, 1.82) is 0 Å². The van der Waals surface area contributed by atoms with E-state index in [2.05, 4.69) is 0 Å². The second kappa shape index (κ2) is 9.04. The number of methoxy groups -OCH3 is 1. The van der Waals surface area contributed by atoms with Crippen molar-refractivity contribution in [3.05, 3.63) is 83.9 Å². The highest BCUT2D eigenvalue weighted by Crippen LogP contribution is 2.29. The Bertz CT molecular complexity index is 1210. The van der Waals surface area contributed by atoms with Crippen molar-refractivity contribution >= 4 is 27.3 Å². The summed E-state index contributed by atoms with van der Waals surface area (Å²) in [4.78, 5) is 15.2.